The lowest BCUT2D eigenvalue weighted by Crippen LogP contribution is -2.30. The zero-order valence-corrected chi connectivity index (χ0v) is 20.3. The Morgan fingerprint density at radius 3 is 2.06 bits per heavy atom. The van der Waals surface area contributed by atoms with Gasteiger partial charge in [0.15, 0.2) is 6.20 Å². The molecule has 0 aliphatic rings. The van der Waals surface area contributed by atoms with Crippen LogP contribution in [-0.2, 0) is 7.05 Å². The second-order valence-electron chi connectivity index (χ2n) is 9.83. The van der Waals surface area contributed by atoms with Gasteiger partial charge in [-0.25, -0.2) is 0 Å². The van der Waals surface area contributed by atoms with Gasteiger partial charge >= 0.3 is 0 Å². The highest BCUT2D eigenvalue weighted by molar-refractivity contribution is 6.29. The molecular formula is C32H27N2+. The van der Waals surface area contributed by atoms with Crippen LogP contribution in [0.4, 0.5) is 0 Å². The molecule has 4 aromatic carbocycles. The predicted octanol–water partition coefficient (Wildman–Crippen LogP) is 7.72. The molecule has 0 amide bonds. The molecule has 7 rings (SSSR count). The lowest BCUT2D eigenvalue weighted by atomic mass is 9.90. The number of fused-ring (bicyclic) bond motifs is 6. The molecule has 34 heavy (non-hydrogen) atoms. The molecule has 0 bridgehead atoms. The van der Waals surface area contributed by atoms with E-state index in [1.165, 1.54) is 82.4 Å². The van der Waals surface area contributed by atoms with E-state index in [2.05, 4.69) is 117 Å². The zero-order chi connectivity index (χ0) is 23.3. The third kappa shape index (κ3) is 2.23. The number of hydrogen-bond acceptors (Lipinski definition) is 0. The number of benzene rings is 4. The number of aromatic nitrogens is 2. The van der Waals surface area contributed by atoms with Crippen molar-refractivity contribution in [3.05, 3.63) is 95.2 Å². The summed E-state index contributed by atoms with van der Waals surface area (Å²) in [6.07, 6.45) is 2.32. The predicted molar refractivity (Wildman–Crippen MR) is 144 cm³/mol. The molecule has 7 aromatic rings. The fraction of sp³-hybridized carbons (Fsp3) is 0.156. The lowest BCUT2D eigenvalue weighted by Gasteiger charge is -2.19. The van der Waals surface area contributed by atoms with E-state index in [4.69, 9.17) is 0 Å². The van der Waals surface area contributed by atoms with Crippen LogP contribution in [-0.4, -0.2) is 4.40 Å². The Balaban J connectivity index is 1.91. The Labute approximate surface area is 199 Å². The maximum Gasteiger partial charge on any atom is 0.224 e. The van der Waals surface area contributed by atoms with Crippen molar-refractivity contribution in [2.75, 3.05) is 0 Å². The molecule has 0 fully saturated rings. The van der Waals surface area contributed by atoms with Gasteiger partial charge in [-0.15, -0.1) is 0 Å². The van der Waals surface area contributed by atoms with E-state index in [1.807, 2.05) is 0 Å². The molecule has 0 aliphatic heterocycles. The van der Waals surface area contributed by atoms with Crippen LogP contribution in [0.3, 0.4) is 0 Å². The molecule has 0 N–H and O–H groups in total. The van der Waals surface area contributed by atoms with Crippen molar-refractivity contribution in [3.8, 4) is 11.1 Å². The van der Waals surface area contributed by atoms with Crippen LogP contribution in [0.2, 0.25) is 0 Å². The van der Waals surface area contributed by atoms with Crippen LogP contribution in [0.5, 0.6) is 0 Å². The number of hydrogen-bond donors (Lipinski definition) is 0. The lowest BCUT2D eigenvalue weighted by molar-refractivity contribution is -0.643. The molecule has 164 valence electrons. The largest absolute Gasteiger partial charge is 0.307 e. The van der Waals surface area contributed by atoms with Gasteiger partial charge in [-0.2, -0.15) is 4.57 Å². The molecule has 3 aromatic heterocycles. The third-order valence-corrected chi connectivity index (χ3v) is 8.24. The summed E-state index contributed by atoms with van der Waals surface area (Å²) in [6.45, 7) is 9.14. The maximum absolute atomic E-state index is 2.55. The summed E-state index contributed by atoms with van der Waals surface area (Å²) in [7, 11) is 2.21. The smallest absolute Gasteiger partial charge is 0.224 e. The minimum absolute atomic E-state index is 1.26. The average molecular weight is 440 g/mol. The van der Waals surface area contributed by atoms with Crippen molar-refractivity contribution in [2.45, 2.75) is 27.7 Å². The molecule has 2 nitrogen and oxygen atoms in total. The highest BCUT2D eigenvalue weighted by atomic mass is 15.0. The minimum atomic E-state index is 1.26. The fourth-order valence-electron chi connectivity index (χ4n) is 6.27. The molecule has 0 spiro atoms. The van der Waals surface area contributed by atoms with Gasteiger partial charge in [-0.05, 0) is 61.6 Å². The van der Waals surface area contributed by atoms with E-state index >= 15 is 0 Å². The van der Waals surface area contributed by atoms with E-state index in [-0.39, 0.29) is 0 Å². The fourth-order valence-corrected chi connectivity index (χ4v) is 6.27. The third-order valence-electron chi connectivity index (χ3n) is 8.24. The molecule has 2 heteroatoms. The summed E-state index contributed by atoms with van der Waals surface area (Å²) >= 11 is 0. The zero-order valence-electron chi connectivity index (χ0n) is 20.3. The molecule has 0 unspecified atom stereocenters. The first kappa shape index (κ1) is 19.5. The normalized spacial score (nSPS) is 12.3. The van der Waals surface area contributed by atoms with Crippen molar-refractivity contribution >= 4 is 49.0 Å². The van der Waals surface area contributed by atoms with Crippen molar-refractivity contribution in [1.29, 1.82) is 0 Å². The van der Waals surface area contributed by atoms with Gasteiger partial charge in [0.05, 0.1) is 32.9 Å². The molecule has 3 heterocycles. The SMILES string of the molecule is Cc1c(C)c(C)c2c(c1C)c1c3c(ccc4c5ccccc5n2c43)c(-c2ccccc2)c[n+]1C. The van der Waals surface area contributed by atoms with Crippen molar-refractivity contribution in [1.82, 2.24) is 4.40 Å². The van der Waals surface area contributed by atoms with Crippen LogP contribution in [0.1, 0.15) is 22.3 Å². The van der Waals surface area contributed by atoms with E-state index in [9.17, 15) is 0 Å². The van der Waals surface area contributed by atoms with E-state index < -0.39 is 0 Å². The number of para-hydroxylation sites is 1. The van der Waals surface area contributed by atoms with Gasteiger partial charge in [-0.3, -0.25) is 0 Å². The summed E-state index contributed by atoms with van der Waals surface area (Å²) in [5.74, 6) is 0. The van der Waals surface area contributed by atoms with Crippen LogP contribution in [0.15, 0.2) is 72.9 Å². The first-order valence-electron chi connectivity index (χ1n) is 12.0. The van der Waals surface area contributed by atoms with Gasteiger partial charge in [0.1, 0.15) is 7.05 Å². The highest BCUT2D eigenvalue weighted by Crippen LogP contribution is 2.44. The Bertz CT molecular complexity index is 1940. The van der Waals surface area contributed by atoms with E-state index in [0.717, 1.165) is 0 Å². The van der Waals surface area contributed by atoms with Gasteiger partial charge in [-0.1, -0.05) is 60.7 Å². The van der Waals surface area contributed by atoms with Gasteiger partial charge < -0.3 is 4.40 Å². The Kier molecular flexibility index (Phi) is 3.78. The van der Waals surface area contributed by atoms with Crippen LogP contribution in [0, 0.1) is 27.7 Å². The maximum atomic E-state index is 2.55. The topological polar surface area (TPSA) is 8.29 Å². The van der Waals surface area contributed by atoms with Crippen molar-refractivity contribution in [2.24, 2.45) is 7.05 Å². The summed E-state index contributed by atoms with van der Waals surface area (Å²) < 4.78 is 4.92. The monoisotopic (exact) mass is 439 g/mol. The van der Waals surface area contributed by atoms with E-state index in [0.29, 0.717) is 0 Å². The molecular weight excluding hydrogens is 412 g/mol. The summed E-state index contributed by atoms with van der Waals surface area (Å²) in [4.78, 5) is 0. The van der Waals surface area contributed by atoms with Gasteiger partial charge in [0.2, 0.25) is 5.52 Å². The summed E-state index contributed by atoms with van der Waals surface area (Å²) in [5, 5.41) is 6.69. The average Bonchev–Trinajstić information content (AvgIpc) is 3.21. The first-order chi connectivity index (χ1) is 16.5. The molecule has 0 radical (unpaired) electrons. The molecule has 0 atom stereocenters. The first-order valence-corrected chi connectivity index (χ1v) is 12.0. The molecule has 0 saturated heterocycles. The van der Waals surface area contributed by atoms with Gasteiger partial charge in [0.25, 0.3) is 0 Å². The number of aryl methyl sites for hydroxylation is 3. The van der Waals surface area contributed by atoms with Crippen LogP contribution >= 0.6 is 0 Å². The van der Waals surface area contributed by atoms with Crippen molar-refractivity contribution < 1.29 is 4.57 Å². The Morgan fingerprint density at radius 1 is 0.588 bits per heavy atom. The quantitative estimate of drug-likeness (QED) is 0.141. The Hall–Kier alpha value is -3.91. The number of rotatable bonds is 1. The van der Waals surface area contributed by atoms with Crippen molar-refractivity contribution in [3.63, 3.8) is 0 Å². The standard InChI is InChI=1S/C32H27N2/c1-18-19(2)21(4)30-28(20(18)3)32-29-24(26(17-33(32)5)22-11-7-6-8-12-22)15-16-25-23-13-9-10-14-27(23)34(30)31(25)29/h6-17H,1-5H3/q+1. The second kappa shape index (κ2) is 6.57. The van der Waals surface area contributed by atoms with Crippen LogP contribution in [0.25, 0.3) is 60.1 Å². The highest BCUT2D eigenvalue weighted by Gasteiger charge is 2.27. The summed E-state index contributed by atoms with van der Waals surface area (Å²) in [6, 6.07) is 24.3. The molecule has 0 saturated carbocycles. The Morgan fingerprint density at radius 2 is 1.26 bits per heavy atom. The van der Waals surface area contributed by atoms with Gasteiger partial charge in [0, 0.05) is 16.2 Å². The second-order valence-corrected chi connectivity index (χ2v) is 9.83. The number of pyridine rings is 2. The number of nitrogens with zero attached hydrogens (tertiary/aromatic N) is 2. The molecule has 0 aliphatic carbocycles. The summed E-state index contributed by atoms with van der Waals surface area (Å²) in [5.41, 5.74) is 13.4. The minimum Gasteiger partial charge on any atom is -0.307 e. The van der Waals surface area contributed by atoms with Crippen LogP contribution < -0.4 is 4.57 Å². The van der Waals surface area contributed by atoms with E-state index in [1.54, 1.807) is 0 Å².